The second-order valence-corrected chi connectivity index (χ2v) is 11.1. The lowest BCUT2D eigenvalue weighted by atomic mass is 9.83. The second kappa shape index (κ2) is 14.4. The van der Waals surface area contributed by atoms with Crippen LogP contribution in [0.4, 0.5) is 0 Å². The number of hydrogen-bond donors (Lipinski definition) is 1. The van der Waals surface area contributed by atoms with Gasteiger partial charge in [-0.25, -0.2) is 4.79 Å². The highest BCUT2D eigenvalue weighted by atomic mass is 35.5. The zero-order valence-electron chi connectivity index (χ0n) is 24.5. The predicted molar refractivity (Wildman–Crippen MR) is 166 cm³/mol. The maximum atomic E-state index is 13.0. The van der Waals surface area contributed by atoms with E-state index in [-0.39, 0.29) is 32.8 Å². The summed E-state index contributed by atoms with van der Waals surface area (Å²) >= 11 is 12.6. The van der Waals surface area contributed by atoms with Crippen molar-refractivity contribution >= 4 is 29.2 Å². The third kappa shape index (κ3) is 7.48. The van der Waals surface area contributed by atoms with Gasteiger partial charge in [-0.3, -0.25) is 0 Å². The van der Waals surface area contributed by atoms with E-state index in [1.807, 2.05) is 32.0 Å². The van der Waals surface area contributed by atoms with Crippen LogP contribution in [0.2, 0.25) is 10.0 Å². The van der Waals surface area contributed by atoms with Crippen LogP contribution in [0.5, 0.6) is 28.7 Å². The summed E-state index contributed by atoms with van der Waals surface area (Å²) in [6.07, 6.45) is 1.68. The Morgan fingerprint density at radius 1 is 1.00 bits per heavy atom. The summed E-state index contributed by atoms with van der Waals surface area (Å²) in [5, 5.41) is 10.4. The van der Waals surface area contributed by atoms with Crippen LogP contribution in [0.25, 0.3) is 0 Å². The Morgan fingerprint density at radius 2 is 1.74 bits per heavy atom. The van der Waals surface area contributed by atoms with E-state index >= 15 is 0 Å². The van der Waals surface area contributed by atoms with Crippen molar-refractivity contribution in [2.75, 3.05) is 19.8 Å². The van der Waals surface area contributed by atoms with Gasteiger partial charge in [-0.05, 0) is 61.6 Å². The third-order valence-electron chi connectivity index (χ3n) is 6.64. The first-order valence-corrected chi connectivity index (χ1v) is 14.9. The van der Waals surface area contributed by atoms with Crippen molar-refractivity contribution in [3.63, 3.8) is 0 Å². The van der Waals surface area contributed by atoms with E-state index in [0.29, 0.717) is 54.3 Å². The topological polar surface area (TPSA) is 113 Å². The number of halogens is 2. The van der Waals surface area contributed by atoms with Gasteiger partial charge in [0, 0.05) is 11.6 Å². The fourth-order valence-electron chi connectivity index (χ4n) is 4.52. The normalized spacial score (nSPS) is 14.0. The summed E-state index contributed by atoms with van der Waals surface area (Å²) < 4.78 is 28.9. The highest BCUT2D eigenvalue weighted by molar-refractivity contribution is 6.37. The highest BCUT2D eigenvalue weighted by Gasteiger charge is 2.32. The molecule has 10 heteroatoms. The van der Waals surface area contributed by atoms with Crippen molar-refractivity contribution in [1.82, 2.24) is 0 Å². The van der Waals surface area contributed by atoms with Crippen LogP contribution < -0.4 is 29.4 Å². The number of nitrogens with zero attached hydrogens (tertiary/aromatic N) is 1. The standard InChI is InChI=1S/C33H34Cl2N2O6/c1-5-12-41-31-25(34)14-21(15-26(31)35)33(38)42-22-8-9-23-28(17-22)43-32(37)24(18-36)30(23)20-7-10-27(29(16-20)39-6-2)40-13-11-19(3)4/h7-10,14-17,19,30H,5-6,11-13,37H2,1-4H3. The van der Waals surface area contributed by atoms with Crippen LogP contribution in [0.15, 0.2) is 60.0 Å². The van der Waals surface area contributed by atoms with E-state index in [0.717, 1.165) is 18.4 Å². The second-order valence-electron chi connectivity index (χ2n) is 10.3. The average Bonchev–Trinajstić information content (AvgIpc) is 2.96. The number of nitriles is 1. The Labute approximate surface area is 261 Å². The van der Waals surface area contributed by atoms with E-state index in [1.165, 1.54) is 12.1 Å². The lowest BCUT2D eigenvalue weighted by Crippen LogP contribution is -2.21. The molecular formula is C33H34Cl2N2O6. The molecule has 0 spiro atoms. The zero-order valence-corrected chi connectivity index (χ0v) is 26.1. The summed E-state index contributed by atoms with van der Waals surface area (Å²) in [4.78, 5) is 13.0. The first kappa shape index (κ1) is 31.9. The van der Waals surface area contributed by atoms with E-state index in [9.17, 15) is 10.1 Å². The van der Waals surface area contributed by atoms with Gasteiger partial charge in [-0.2, -0.15) is 5.26 Å². The molecule has 1 aliphatic rings. The molecule has 0 amide bonds. The number of carbonyl (C=O) groups excluding carboxylic acids is 1. The van der Waals surface area contributed by atoms with Crippen LogP contribution in [-0.4, -0.2) is 25.8 Å². The number of esters is 1. The quantitative estimate of drug-likeness (QED) is 0.159. The number of benzene rings is 3. The summed E-state index contributed by atoms with van der Waals surface area (Å²) in [5.74, 6) is 1.31. The van der Waals surface area contributed by atoms with Gasteiger partial charge in [0.15, 0.2) is 17.2 Å². The molecule has 1 heterocycles. The molecule has 1 aliphatic heterocycles. The first-order valence-electron chi connectivity index (χ1n) is 14.1. The Balaban J connectivity index is 1.63. The average molecular weight is 626 g/mol. The molecule has 43 heavy (non-hydrogen) atoms. The Bertz CT molecular complexity index is 1540. The van der Waals surface area contributed by atoms with Gasteiger partial charge in [0.05, 0.1) is 41.3 Å². The molecule has 1 unspecified atom stereocenters. The van der Waals surface area contributed by atoms with Gasteiger partial charge in [0.25, 0.3) is 0 Å². The number of nitrogens with two attached hydrogens (primary N) is 1. The Morgan fingerprint density at radius 3 is 2.40 bits per heavy atom. The number of fused-ring (bicyclic) bond motifs is 1. The lowest BCUT2D eigenvalue weighted by Gasteiger charge is -2.27. The zero-order chi connectivity index (χ0) is 31.1. The van der Waals surface area contributed by atoms with Gasteiger partial charge in [-0.15, -0.1) is 0 Å². The van der Waals surface area contributed by atoms with Crippen molar-refractivity contribution in [2.45, 2.75) is 46.5 Å². The molecule has 0 fully saturated rings. The maximum absolute atomic E-state index is 13.0. The van der Waals surface area contributed by atoms with Gasteiger partial charge in [0.1, 0.15) is 23.1 Å². The largest absolute Gasteiger partial charge is 0.490 e. The predicted octanol–water partition coefficient (Wildman–Crippen LogP) is 8.04. The minimum absolute atomic E-state index is 0.0417. The smallest absolute Gasteiger partial charge is 0.343 e. The Kier molecular flexibility index (Phi) is 10.7. The SMILES string of the molecule is CCCOc1c(Cl)cc(C(=O)Oc2ccc3c(c2)OC(N)=C(C#N)C3c2ccc(OCCC(C)C)c(OCC)c2)cc1Cl. The molecule has 0 aliphatic carbocycles. The first-order chi connectivity index (χ1) is 20.7. The number of hydrogen-bond acceptors (Lipinski definition) is 8. The van der Waals surface area contributed by atoms with Gasteiger partial charge in [-0.1, -0.05) is 56.1 Å². The van der Waals surface area contributed by atoms with Crippen LogP contribution in [-0.2, 0) is 0 Å². The van der Waals surface area contributed by atoms with Crippen molar-refractivity contribution in [3.05, 3.63) is 86.7 Å². The maximum Gasteiger partial charge on any atom is 0.343 e. The van der Waals surface area contributed by atoms with Crippen molar-refractivity contribution < 1.29 is 28.5 Å². The van der Waals surface area contributed by atoms with Gasteiger partial charge in [0.2, 0.25) is 5.88 Å². The fourth-order valence-corrected chi connectivity index (χ4v) is 5.12. The molecule has 0 aromatic heterocycles. The van der Waals surface area contributed by atoms with Gasteiger partial charge < -0.3 is 29.4 Å². The van der Waals surface area contributed by atoms with Crippen LogP contribution in [0.1, 0.15) is 67.9 Å². The van der Waals surface area contributed by atoms with E-state index < -0.39 is 11.9 Å². The highest BCUT2D eigenvalue weighted by Crippen LogP contribution is 2.45. The van der Waals surface area contributed by atoms with Crippen molar-refractivity contribution in [2.24, 2.45) is 11.7 Å². The summed E-state index contributed by atoms with van der Waals surface area (Å²) in [6.45, 7) is 9.57. The van der Waals surface area contributed by atoms with Crippen molar-refractivity contribution in [3.8, 4) is 34.8 Å². The number of carbonyl (C=O) groups is 1. The Hall–Kier alpha value is -4.06. The molecule has 1 atom stereocenters. The van der Waals surface area contributed by atoms with Crippen LogP contribution in [0, 0.1) is 17.2 Å². The van der Waals surface area contributed by atoms with E-state index in [1.54, 1.807) is 18.2 Å². The number of rotatable bonds is 12. The summed E-state index contributed by atoms with van der Waals surface area (Å²) in [5.41, 5.74) is 8.05. The van der Waals surface area contributed by atoms with E-state index in [2.05, 4.69) is 19.9 Å². The molecule has 226 valence electrons. The molecule has 8 nitrogen and oxygen atoms in total. The summed E-state index contributed by atoms with van der Waals surface area (Å²) in [6, 6.07) is 15.6. The molecular weight excluding hydrogens is 591 g/mol. The fraction of sp³-hybridized carbons (Fsp3) is 0.333. The molecule has 3 aromatic rings. The molecule has 0 saturated carbocycles. The molecule has 4 rings (SSSR count). The lowest BCUT2D eigenvalue weighted by molar-refractivity contribution is 0.0734. The number of ether oxygens (including phenoxy) is 5. The van der Waals surface area contributed by atoms with Crippen LogP contribution in [0.3, 0.4) is 0 Å². The monoisotopic (exact) mass is 624 g/mol. The van der Waals surface area contributed by atoms with E-state index in [4.69, 9.17) is 52.6 Å². The molecule has 0 radical (unpaired) electrons. The molecule has 2 N–H and O–H groups in total. The molecule has 3 aromatic carbocycles. The summed E-state index contributed by atoms with van der Waals surface area (Å²) in [7, 11) is 0. The van der Waals surface area contributed by atoms with Gasteiger partial charge >= 0.3 is 5.97 Å². The van der Waals surface area contributed by atoms with Crippen LogP contribution >= 0.6 is 23.2 Å². The third-order valence-corrected chi connectivity index (χ3v) is 7.20. The molecule has 0 saturated heterocycles. The number of allylic oxidation sites excluding steroid dienone is 1. The molecule has 0 bridgehead atoms. The minimum atomic E-state index is -0.672. The minimum Gasteiger partial charge on any atom is -0.490 e. The van der Waals surface area contributed by atoms with Crippen molar-refractivity contribution in [1.29, 1.82) is 5.26 Å².